The number of carbonyl (C=O) groups is 1. The predicted molar refractivity (Wildman–Crippen MR) is 97.7 cm³/mol. The molecule has 1 amide bonds. The fourth-order valence-corrected chi connectivity index (χ4v) is 2.61. The van der Waals surface area contributed by atoms with Gasteiger partial charge in [-0.3, -0.25) is 4.79 Å². The highest BCUT2D eigenvalue weighted by Gasteiger charge is 2.14. The first-order valence-electron chi connectivity index (χ1n) is 8.30. The van der Waals surface area contributed by atoms with Crippen molar-refractivity contribution < 1.29 is 19.0 Å². The summed E-state index contributed by atoms with van der Waals surface area (Å²) in [7, 11) is 3.29. The fraction of sp³-hybridized carbons (Fsp3) is 0.350. The normalized spacial score (nSPS) is 11.5. The average Bonchev–Trinajstić information content (AvgIpc) is 2.66. The zero-order chi connectivity index (χ0) is 18.2. The standard InChI is InChI=1S/C20H25NO4/c1-5-21-20(22)13-25-16-8-6-15(7-9-16)14(2)18-11-10-17(23-3)12-19(18)24-4/h6-12,14H,5,13H2,1-4H3,(H,21,22). The third-order valence-electron chi connectivity index (χ3n) is 4.03. The van der Waals surface area contributed by atoms with Gasteiger partial charge >= 0.3 is 0 Å². The molecule has 0 aromatic heterocycles. The molecule has 134 valence electrons. The average molecular weight is 343 g/mol. The monoisotopic (exact) mass is 343 g/mol. The van der Waals surface area contributed by atoms with E-state index in [-0.39, 0.29) is 18.4 Å². The molecular formula is C20H25NO4. The van der Waals surface area contributed by atoms with Gasteiger partial charge in [0.2, 0.25) is 0 Å². The fourth-order valence-electron chi connectivity index (χ4n) is 2.61. The molecule has 0 fully saturated rings. The number of carbonyl (C=O) groups excluding carboxylic acids is 1. The van der Waals surface area contributed by atoms with Crippen molar-refractivity contribution >= 4 is 5.91 Å². The van der Waals surface area contributed by atoms with Crippen molar-refractivity contribution in [2.24, 2.45) is 0 Å². The Labute approximate surface area is 148 Å². The molecule has 0 aliphatic heterocycles. The Morgan fingerprint density at radius 3 is 2.32 bits per heavy atom. The summed E-state index contributed by atoms with van der Waals surface area (Å²) in [5.41, 5.74) is 2.22. The minimum atomic E-state index is -0.122. The maximum atomic E-state index is 11.4. The van der Waals surface area contributed by atoms with E-state index in [1.165, 1.54) is 0 Å². The van der Waals surface area contributed by atoms with Gasteiger partial charge in [-0.05, 0) is 30.7 Å². The van der Waals surface area contributed by atoms with E-state index in [2.05, 4.69) is 12.2 Å². The Kier molecular flexibility index (Phi) is 6.69. The molecule has 2 aromatic rings. The molecule has 5 nitrogen and oxygen atoms in total. The number of hydrogen-bond donors (Lipinski definition) is 1. The van der Waals surface area contributed by atoms with Crippen molar-refractivity contribution in [2.75, 3.05) is 27.4 Å². The SMILES string of the molecule is CCNC(=O)COc1ccc(C(C)c2ccc(OC)cc2OC)cc1. The first-order valence-corrected chi connectivity index (χ1v) is 8.30. The molecule has 0 bridgehead atoms. The van der Waals surface area contributed by atoms with Crippen LogP contribution in [0.5, 0.6) is 17.2 Å². The van der Waals surface area contributed by atoms with Crippen molar-refractivity contribution in [1.29, 1.82) is 0 Å². The van der Waals surface area contributed by atoms with E-state index in [9.17, 15) is 4.79 Å². The van der Waals surface area contributed by atoms with Crippen LogP contribution in [0.3, 0.4) is 0 Å². The van der Waals surface area contributed by atoms with E-state index < -0.39 is 0 Å². The summed E-state index contributed by atoms with van der Waals surface area (Å²) < 4.78 is 16.2. The van der Waals surface area contributed by atoms with Crippen LogP contribution in [0.1, 0.15) is 30.9 Å². The van der Waals surface area contributed by atoms with E-state index in [4.69, 9.17) is 14.2 Å². The Hall–Kier alpha value is -2.69. The quantitative estimate of drug-likeness (QED) is 0.798. The lowest BCUT2D eigenvalue weighted by atomic mass is 9.92. The summed E-state index contributed by atoms with van der Waals surface area (Å²) in [6, 6.07) is 13.6. The Balaban J connectivity index is 2.10. The molecule has 1 atom stereocenters. The van der Waals surface area contributed by atoms with Gasteiger partial charge in [-0.1, -0.05) is 25.1 Å². The molecule has 0 saturated carbocycles. The molecule has 0 spiro atoms. The van der Waals surface area contributed by atoms with Gasteiger partial charge in [0.15, 0.2) is 6.61 Å². The molecule has 25 heavy (non-hydrogen) atoms. The molecule has 5 heteroatoms. The van der Waals surface area contributed by atoms with Crippen LogP contribution in [0.25, 0.3) is 0 Å². The first-order chi connectivity index (χ1) is 12.1. The van der Waals surface area contributed by atoms with Gasteiger partial charge < -0.3 is 19.5 Å². The minimum Gasteiger partial charge on any atom is -0.497 e. The highest BCUT2D eigenvalue weighted by molar-refractivity contribution is 5.77. The van der Waals surface area contributed by atoms with Crippen molar-refractivity contribution in [2.45, 2.75) is 19.8 Å². The first kappa shape index (κ1) is 18.6. The van der Waals surface area contributed by atoms with E-state index in [0.717, 1.165) is 22.6 Å². The lowest BCUT2D eigenvalue weighted by Crippen LogP contribution is -2.28. The van der Waals surface area contributed by atoms with Gasteiger partial charge in [-0.25, -0.2) is 0 Å². The third-order valence-corrected chi connectivity index (χ3v) is 4.03. The maximum Gasteiger partial charge on any atom is 0.257 e. The number of ether oxygens (including phenoxy) is 3. The second-order valence-electron chi connectivity index (χ2n) is 5.64. The van der Waals surface area contributed by atoms with Crippen LogP contribution >= 0.6 is 0 Å². The topological polar surface area (TPSA) is 56.8 Å². The molecule has 2 aromatic carbocycles. The van der Waals surface area contributed by atoms with Gasteiger partial charge in [0, 0.05) is 24.1 Å². The van der Waals surface area contributed by atoms with Crippen LogP contribution in [0.15, 0.2) is 42.5 Å². The van der Waals surface area contributed by atoms with Crippen molar-refractivity contribution in [3.05, 3.63) is 53.6 Å². The summed E-state index contributed by atoms with van der Waals surface area (Å²) >= 11 is 0. The number of benzene rings is 2. The van der Waals surface area contributed by atoms with Gasteiger partial charge in [0.1, 0.15) is 17.2 Å². The zero-order valence-corrected chi connectivity index (χ0v) is 15.2. The lowest BCUT2D eigenvalue weighted by molar-refractivity contribution is -0.122. The smallest absolute Gasteiger partial charge is 0.257 e. The number of amides is 1. The molecule has 1 N–H and O–H groups in total. The van der Waals surface area contributed by atoms with Gasteiger partial charge in [-0.15, -0.1) is 0 Å². The predicted octanol–water partition coefficient (Wildman–Crippen LogP) is 3.37. The molecule has 0 aliphatic rings. The molecule has 0 aliphatic carbocycles. The molecular weight excluding hydrogens is 318 g/mol. The molecule has 0 heterocycles. The number of hydrogen-bond acceptors (Lipinski definition) is 4. The van der Waals surface area contributed by atoms with E-state index in [0.29, 0.717) is 12.3 Å². The van der Waals surface area contributed by atoms with Crippen LogP contribution in [0.2, 0.25) is 0 Å². The van der Waals surface area contributed by atoms with Crippen molar-refractivity contribution in [3.8, 4) is 17.2 Å². The Morgan fingerprint density at radius 1 is 1.04 bits per heavy atom. The van der Waals surface area contributed by atoms with Gasteiger partial charge in [0.05, 0.1) is 14.2 Å². The summed E-state index contributed by atoms with van der Waals surface area (Å²) in [6.07, 6.45) is 0. The van der Waals surface area contributed by atoms with E-state index in [1.807, 2.05) is 49.4 Å². The van der Waals surface area contributed by atoms with Crippen molar-refractivity contribution in [1.82, 2.24) is 5.32 Å². The van der Waals surface area contributed by atoms with Gasteiger partial charge in [-0.2, -0.15) is 0 Å². The molecule has 1 unspecified atom stereocenters. The van der Waals surface area contributed by atoms with E-state index in [1.54, 1.807) is 14.2 Å². The van der Waals surface area contributed by atoms with Crippen LogP contribution in [-0.2, 0) is 4.79 Å². The summed E-state index contributed by atoms with van der Waals surface area (Å²) in [5, 5.41) is 2.70. The summed E-state index contributed by atoms with van der Waals surface area (Å²) in [4.78, 5) is 11.4. The van der Waals surface area contributed by atoms with Crippen LogP contribution < -0.4 is 19.5 Å². The van der Waals surface area contributed by atoms with Gasteiger partial charge in [0.25, 0.3) is 5.91 Å². The molecule has 0 radical (unpaired) electrons. The van der Waals surface area contributed by atoms with E-state index >= 15 is 0 Å². The lowest BCUT2D eigenvalue weighted by Gasteiger charge is -2.17. The Morgan fingerprint density at radius 2 is 1.72 bits per heavy atom. The van der Waals surface area contributed by atoms with Crippen LogP contribution in [0.4, 0.5) is 0 Å². The van der Waals surface area contributed by atoms with Crippen molar-refractivity contribution in [3.63, 3.8) is 0 Å². The molecule has 0 saturated heterocycles. The highest BCUT2D eigenvalue weighted by atomic mass is 16.5. The van der Waals surface area contributed by atoms with Crippen LogP contribution in [0, 0.1) is 0 Å². The molecule has 2 rings (SSSR count). The Bertz CT molecular complexity index is 697. The number of likely N-dealkylation sites (N-methyl/N-ethyl adjacent to an activating group) is 1. The highest BCUT2D eigenvalue weighted by Crippen LogP contribution is 2.34. The maximum absolute atomic E-state index is 11.4. The number of rotatable bonds is 8. The second kappa shape index (κ2) is 8.97. The minimum absolute atomic E-state index is 0.0229. The third kappa shape index (κ3) is 4.89. The zero-order valence-electron chi connectivity index (χ0n) is 15.2. The second-order valence-corrected chi connectivity index (χ2v) is 5.64. The largest absolute Gasteiger partial charge is 0.497 e. The number of methoxy groups -OCH3 is 2. The van der Waals surface area contributed by atoms with Crippen LogP contribution in [-0.4, -0.2) is 33.3 Å². The number of nitrogens with one attached hydrogen (secondary N) is 1. The summed E-state index contributed by atoms with van der Waals surface area (Å²) in [6.45, 7) is 4.62. The summed E-state index contributed by atoms with van der Waals surface area (Å²) in [5.74, 6) is 2.26.